The summed E-state index contributed by atoms with van der Waals surface area (Å²) in [6, 6.07) is 0. The summed E-state index contributed by atoms with van der Waals surface area (Å²) in [6.45, 7) is 7.04. The number of carbonyl (C=O) groups excluding carboxylic acids is 1. The molecule has 1 aromatic heterocycles. The van der Waals surface area contributed by atoms with Crippen molar-refractivity contribution in [3.63, 3.8) is 0 Å². The van der Waals surface area contributed by atoms with Crippen LogP contribution < -0.4 is 11.1 Å². The SMILES string of the molecule is CC(C)(C)CCNC(=O)c1cn[nH]c1N. The molecule has 0 spiro atoms. The van der Waals surface area contributed by atoms with E-state index in [9.17, 15) is 4.79 Å². The van der Waals surface area contributed by atoms with Crippen LogP contribution in [0.3, 0.4) is 0 Å². The number of nitrogens with zero attached hydrogens (tertiary/aromatic N) is 1. The molecule has 1 amide bonds. The monoisotopic (exact) mass is 210 g/mol. The van der Waals surface area contributed by atoms with Crippen LogP contribution in [0.25, 0.3) is 0 Å². The zero-order valence-corrected chi connectivity index (χ0v) is 9.42. The molecule has 0 radical (unpaired) electrons. The van der Waals surface area contributed by atoms with Gasteiger partial charge in [-0.3, -0.25) is 9.89 Å². The first-order valence-electron chi connectivity index (χ1n) is 4.97. The lowest BCUT2D eigenvalue weighted by Gasteiger charge is -2.17. The minimum Gasteiger partial charge on any atom is -0.383 e. The molecule has 0 unspecified atom stereocenters. The van der Waals surface area contributed by atoms with Gasteiger partial charge in [-0.05, 0) is 11.8 Å². The minimum atomic E-state index is -0.175. The van der Waals surface area contributed by atoms with Crippen molar-refractivity contribution >= 4 is 11.7 Å². The summed E-state index contributed by atoms with van der Waals surface area (Å²) in [5.74, 6) is 0.133. The maximum absolute atomic E-state index is 11.6. The maximum atomic E-state index is 11.6. The highest BCUT2D eigenvalue weighted by atomic mass is 16.1. The number of aromatic amines is 1. The molecule has 0 atom stereocenters. The molecule has 0 aliphatic heterocycles. The third-order valence-corrected chi connectivity index (χ3v) is 2.07. The van der Waals surface area contributed by atoms with Gasteiger partial charge in [-0.15, -0.1) is 0 Å². The van der Waals surface area contributed by atoms with Gasteiger partial charge in [0.25, 0.3) is 5.91 Å². The van der Waals surface area contributed by atoms with Crippen LogP contribution in [0.15, 0.2) is 6.20 Å². The summed E-state index contributed by atoms with van der Waals surface area (Å²) >= 11 is 0. The number of carbonyl (C=O) groups is 1. The summed E-state index contributed by atoms with van der Waals surface area (Å²) in [5.41, 5.74) is 6.14. The van der Waals surface area contributed by atoms with Crippen LogP contribution in [0.1, 0.15) is 37.6 Å². The molecule has 0 fully saturated rings. The third kappa shape index (κ3) is 3.61. The van der Waals surface area contributed by atoms with E-state index < -0.39 is 0 Å². The van der Waals surface area contributed by atoms with Gasteiger partial charge >= 0.3 is 0 Å². The predicted molar refractivity (Wildman–Crippen MR) is 59.4 cm³/mol. The Kier molecular flexibility index (Phi) is 3.34. The van der Waals surface area contributed by atoms with Crippen LogP contribution in [0, 0.1) is 5.41 Å². The predicted octanol–water partition coefficient (Wildman–Crippen LogP) is 1.16. The van der Waals surface area contributed by atoms with Crippen LogP contribution >= 0.6 is 0 Å². The van der Waals surface area contributed by atoms with Gasteiger partial charge in [-0.25, -0.2) is 0 Å². The van der Waals surface area contributed by atoms with Gasteiger partial charge < -0.3 is 11.1 Å². The Morgan fingerprint density at radius 2 is 2.27 bits per heavy atom. The van der Waals surface area contributed by atoms with Crippen molar-refractivity contribution in [1.82, 2.24) is 15.5 Å². The highest BCUT2D eigenvalue weighted by Crippen LogP contribution is 2.17. The average molecular weight is 210 g/mol. The first-order valence-corrected chi connectivity index (χ1v) is 4.97. The largest absolute Gasteiger partial charge is 0.383 e. The topological polar surface area (TPSA) is 83.8 Å². The third-order valence-electron chi connectivity index (χ3n) is 2.07. The fourth-order valence-corrected chi connectivity index (χ4v) is 1.12. The molecule has 0 aliphatic rings. The Balaban J connectivity index is 2.41. The smallest absolute Gasteiger partial charge is 0.256 e. The summed E-state index contributed by atoms with van der Waals surface area (Å²) < 4.78 is 0. The lowest BCUT2D eigenvalue weighted by atomic mass is 9.92. The molecule has 84 valence electrons. The van der Waals surface area contributed by atoms with Gasteiger partial charge in [0.1, 0.15) is 11.4 Å². The Bertz CT molecular complexity index is 337. The van der Waals surface area contributed by atoms with E-state index in [1.165, 1.54) is 6.20 Å². The van der Waals surface area contributed by atoms with E-state index >= 15 is 0 Å². The standard InChI is InChI=1S/C10H18N4O/c1-10(2,3)4-5-12-9(15)7-6-13-14-8(7)11/h6H,4-5H2,1-3H3,(H,12,15)(H3,11,13,14). The summed E-state index contributed by atoms with van der Waals surface area (Å²) in [7, 11) is 0. The number of H-pyrrole nitrogens is 1. The van der Waals surface area contributed by atoms with Crippen molar-refractivity contribution in [3.8, 4) is 0 Å². The first-order chi connectivity index (χ1) is 6.90. The molecule has 1 aromatic rings. The van der Waals surface area contributed by atoms with Gasteiger partial charge in [-0.2, -0.15) is 5.10 Å². The molecule has 0 saturated carbocycles. The van der Waals surface area contributed by atoms with Gasteiger partial charge in [0.05, 0.1) is 6.20 Å². The minimum absolute atomic E-state index is 0.175. The Morgan fingerprint density at radius 3 is 2.73 bits per heavy atom. The zero-order valence-electron chi connectivity index (χ0n) is 9.42. The van der Waals surface area contributed by atoms with Crippen LogP contribution in [-0.4, -0.2) is 22.6 Å². The Hall–Kier alpha value is -1.52. The van der Waals surface area contributed by atoms with Gasteiger partial charge in [0.15, 0.2) is 0 Å². The van der Waals surface area contributed by atoms with Crippen molar-refractivity contribution in [2.24, 2.45) is 5.41 Å². The summed E-state index contributed by atoms with van der Waals surface area (Å²) in [6.07, 6.45) is 2.36. The average Bonchev–Trinajstić information content (AvgIpc) is 2.48. The van der Waals surface area contributed by atoms with Crippen molar-refractivity contribution in [1.29, 1.82) is 0 Å². The van der Waals surface area contributed by atoms with Crippen molar-refractivity contribution in [2.45, 2.75) is 27.2 Å². The van der Waals surface area contributed by atoms with E-state index in [0.29, 0.717) is 17.9 Å². The normalized spacial score (nSPS) is 11.4. The number of rotatable bonds is 3. The van der Waals surface area contributed by atoms with Crippen LogP contribution in [0.2, 0.25) is 0 Å². The van der Waals surface area contributed by atoms with Crippen LogP contribution in [0.4, 0.5) is 5.82 Å². The molecule has 4 N–H and O–H groups in total. The number of amides is 1. The molecule has 0 aromatic carbocycles. The van der Waals surface area contributed by atoms with Gasteiger partial charge in [0.2, 0.25) is 0 Å². The highest BCUT2D eigenvalue weighted by Gasteiger charge is 2.13. The second-order valence-electron chi connectivity index (χ2n) is 4.76. The number of hydrogen-bond acceptors (Lipinski definition) is 3. The second kappa shape index (κ2) is 4.33. The summed E-state index contributed by atoms with van der Waals surface area (Å²) in [4.78, 5) is 11.6. The number of nitrogen functional groups attached to an aromatic ring is 1. The summed E-state index contributed by atoms with van der Waals surface area (Å²) in [5, 5.41) is 9.02. The number of aromatic nitrogens is 2. The lowest BCUT2D eigenvalue weighted by Crippen LogP contribution is -2.27. The van der Waals surface area contributed by atoms with Crippen molar-refractivity contribution in [3.05, 3.63) is 11.8 Å². The van der Waals surface area contributed by atoms with Crippen molar-refractivity contribution < 1.29 is 4.79 Å². The first kappa shape index (κ1) is 11.6. The quantitative estimate of drug-likeness (QED) is 0.700. The Labute approximate surface area is 89.4 Å². The van der Waals surface area contributed by atoms with E-state index in [1.807, 2.05) is 0 Å². The molecule has 0 aliphatic carbocycles. The Morgan fingerprint density at radius 1 is 1.60 bits per heavy atom. The number of nitrogens with two attached hydrogens (primary N) is 1. The molecule has 1 heterocycles. The fourth-order valence-electron chi connectivity index (χ4n) is 1.12. The number of nitrogens with one attached hydrogen (secondary N) is 2. The van der Waals surface area contributed by atoms with E-state index in [0.717, 1.165) is 6.42 Å². The number of hydrogen-bond donors (Lipinski definition) is 3. The van der Waals surface area contributed by atoms with Crippen LogP contribution in [0.5, 0.6) is 0 Å². The molecule has 1 rings (SSSR count). The van der Waals surface area contributed by atoms with E-state index in [-0.39, 0.29) is 11.3 Å². The molecule has 5 heteroatoms. The van der Waals surface area contributed by atoms with E-state index in [4.69, 9.17) is 5.73 Å². The molecule has 0 bridgehead atoms. The lowest BCUT2D eigenvalue weighted by molar-refractivity contribution is 0.0950. The highest BCUT2D eigenvalue weighted by molar-refractivity contribution is 5.97. The van der Waals surface area contributed by atoms with Crippen molar-refractivity contribution in [2.75, 3.05) is 12.3 Å². The van der Waals surface area contributed by atoms with E-state index in [2.05, 4.69) is 36.3 Å². The zero-order chi connectivity index (χ0) is 11.5. The molecule has 15 heavy (non-hydrogen) atoms. The number of anilines is 1. The maximum Gasteiger partial charge on any atom is 0.256 e. The van der Waals surface area contributed by atoms with Gasteiger partial charge in [0, 0.05) is 6.54 Å². The van der Waals surface area contributed by atoms with E-state index in [1.54, 1.807) is 0 Å². The molecular weight excluding hydrogens is 192 g/mol. The fraction of sp³-hybridized carbons (Fsp3) is 0.600. The second-order valence-corrected chi connectivity index (χ2v) is 4.76. The van der Waals surface area contributed by atoms with Crippen LogP contribution in [-0.2, 0) is 0 Å². The van der Waals surface area contributed by atoms with Gasteiger partial charge in [-0.1, -0.05) is 20.8 Å². The molecule has 0 saturated heterocycles. The molecule has 5 nitrogen and oxygen atoms in total. The molecular formula is C10H18N4O.